The molecule has 0 saturated carbocycles. The average molecular weight is 385 g/mol. The maximum Gasteiger partial charge on any atom is 0.337 e. The monoisotopic (exact) mass is 385 g/mol. The molecule has 0 aliphatic rings. The number of carboxylic acids is 1. The number of sulfonamides is 1. The first-order chi connectivity index (χ1) is 12.0. The van der Waals surface area contributed by atoms with E-state index in [4.69, 9.17) is 4.74 Å². The van der Waals surface area contributed by atoms with Crippen molar-refractivity contribution in [3.05, 3.63) is 34.9 Å². The van der Waals surface area contributed by atoms with Gasteiger partial charge in [-0.25, -0.2) is 17.6 Å². The van der Waals surface area contributed by atoms with E-state index >= 15 is 0 Å². The fraction of sp³-hybridized carbons (Fsp3) is 0.375. The molecule has 1 aromatic carbocycles. The lowest BCUT2D eigenvalue weighted by atomic mass is 10.1. The molecule has 2 rings (SSSR count). The number of methoxy groups -OCH3 is 1. The van der Waals surface area contributed by atoms with Crippen molar-refractivity contribution in [3.63, 3.8) is 0 Å². The Morgan fingerprint density at radius 1 is 1.35 bits per heavy atom. The lowest BCUT2D eigenvalue weighted by Crippen LogP contribution is -2.19. The van der Waals surface area contributed by atoms with E-state index in [9.17, 15) is 22.7 Å². The first kappa shape index (κ1) is 19.7. The standard InChI is InChI=1S/C16H20FN3O5S/c1-8(2)20-10(4)15(9(3)18-20)26(23,24)19-14-11(16(21)22)6-7-12(25-5)13(14)17/h6-8,19H,1-5H3,(H,21,22). The topological polar surface area (TPSA) is 111 Å². The summed E-state index contributed by atoms with van der Waals surface area (Å²) in [7, 11) is -3.09. The third-order valence-electron chi connectivity index (χ3n) is 3.81. The van der Waals surface area contributed by atoms with Gasteiger partial charge in [-0.2, -0.15) is 5.10 Å². The summed E-state index contributed by atoms with van der Waals surface area (Å²) in [6.45, 7) is 6.77. The highest BCUT2D eigenvalue weighted by Crippen LogP contribution is 2.32. The van der Waals surface area contributed by atoms with Gasteiger partial charge in [-0.1, -0.05) is 0 Å². The largest absolute Gasteiger partial charge is 0.494 e. The number of anilines is 1. The van der Waals surface area contributed by atoms with Crippen molar-refractivity contribution in [2.45, 2.75) is 38.6 Å². The van der Waals surface area contributed by atoms with Gasteiger partial charge in [0.25, 0.3) is 10.0 Å². The Morgan fingerprint density at radius 3 is 2.42 bits per heavy atom. The molecule has 10 heteroatoms. The van der Waals surface area contributed by atoms with Crippen molar-refractivity contribution in [2.24, 2.45) is 0 Å². The molecule has 26 heavy (non-hydrogen) atoms. The number of halogens is 1. The second-order valence-electron chi connectivity index (χ2n) is 5.95. The van der Waals surface area contributed by atoms with Crippen LogP contribution in [0.15, 0.2) is 17.0 Å². The molecule has 1 heterocycles. The van der Waals surface area contributed by atoms with E-state index in [0.29, 0.717) is 5.69 Å². The van der Waals surface area contributed by atoms with Crippen LogP contribution in [0.4, 0.5) is 10.1 Å². The Labute approximate surface area is 150 Å². The Balaban J connectivity index is 2.63. The lowest BCUT2D eigenvalue weighted by molar-refractivity contribution is 0.0697. The fourth-order valence-electron chi connectivity index (χ4n) is 2.72. The van der Waals surface area contributed by atoms with Crippen molar-refractivity contribution in [2.75, 3.05) is 11.8 Å². The van der Waals surface area contributed by atoms with Crippen molar-refractivity contribution in [1.29, 1.82) is 0 Å². The summed E-state index contributed by atoms with van der Waals surface area (Å²) in [4.78, 5) is 11.2. The van der Waals surface area contributed by atoms with Gasteiger partial charge in [0.15, 0.2) is 11.6 Å². The fourth-order valence-corrected chi connectivity index (χ4v) is 4.20. The molecule has 0 spiro atoms. The molecular weight excluding hydrogens is 365 g/mol. The maximum absolute atomic E-state index is 14.5. The number of aromatic carboxylic acids is 1. The molecule has 2 aromatic rings. The number of aryl methyl sites for hydroxylation is 1. The zero-order chi connectivity index (χ0) is 19.8. The van der Waals surface area contributed by atoms with E-state index in [2.05, 4.69) is 5.10 Å². The number of carbonyl (C=O) groups is 1. The van der Waals surface area contributed by atoms with Crippen LogP contribution >= 0.6 is 0 Å². The highest BCUT2D eigenvalue weighted by atomic mass is 32.2. The molecule has 0 unspecified atom stereocenters. The summed E-state index contributed by atoms with van der Waals surface area (Å²) in [5, 5.41) is 13.4. The Kier molecular flexibility index (Phi) is 5.26. The molecule has 0 saturated heterocycles. The molecule has 0 fully saturated rings. The van der Waals surface area contributed by atoms with Crippen LogP contribution in [-0.2, 0) is 10.0 Å². The van der Waals surface area contributed by atoms with Gasteiger partial charge < -0.3 is 9.84 Å². The van der Waals surface area contributed by atoms with Crippen LogP contribution < -0.4 is 9.46 Å². The van der Waals surface area contributed by atoms with Crippen LogP contribution in [0.1, 0.15) is 41.6 Å². The third-order valence-corrected chi connectivity index (χ3v) is 5.41. The Morgan fingerprint density at radius 2 is 1.96 bits per heavy atom. The first-order valence-corrected chi connectivity index (χ1v) is 9.17. The lowest BCUT2D eigenvalue weighted by Gasteiger charge is -2.14. The number of carboxylic acid groups (broad SMARTS) is 1. The zero-order valence-electron chi connectivity index (χ0n) is 15.0. The van der Waals surface area contributed by atoms with Gasteiger partial charge in [-0.3, -0.25) is 9.40 Å². The summed E-state index contributed by atoms with van der Waals surface area (Å²) in [6.07, 6.45) is 0. The van der Waals surface area contributed by atoms with E-state index < -0.39 is 33.1 Å². The SMILES string of the molecule is COc1ccc(C(=O)O)c(NS(=O)(=O)c2c(C)nn(C(C)C)c2C)c1F. The zero-order valence-corrected chi connectivity index (χ0v) is 15.8. The molecular formula is C16H20FN3O5S. The molecule has 0 aliphatic carbocycles. The maximum atomic E-state index is 14.5. The minimum Gasteiger partial charge on any atom is -0.494 e. The number of hydrogen-bond acceptors (Lipinski definition) is 5. The van der Waals surface area contributed by atoms with Crippen LogP contribution in [0.5, 0.6) is 5.75 Å². The molecule has 0 bridgehead atoms. The predicted molar refractivity (Wildman–Crippen MR) is 92.8 cm³/mol. The van der Waals surface area contributed by atoms with Crippen LogP contribution in [0.2, 0.25) is 0 Å². The summed E-state index contributed by atoms with van der Waals surface area (Å²) < 4.78 is 48.6. The highest BCUT2D eigenvalue weighted by Gasteiger charge is 2.29. The molecule has 0 atom stereocenters. The highest BCUT2D eigenvalue weighted by molar-refractivity contribution is 7.92. The summed E-state index contributed by atoms with van der Waals surface area (Å²) in [5.41, 5.74) is -0.625. The first-order valence-electron chi connectivity index (χ1n) is 7.69. The van der Waals surface area contributed by atoms with Gasteiger partial charge in [0.1, 0.15) is 10.6 Å². The molecule has 142 valence electrons. The molecule has 0 aliphatic heterocycles. The number of benzene rings is 1. The van der Waals surface area contributed by atoms with E-state index in [1.54, 1.807) is 6.92 Å². The smallest absolute Gasteiger partial charge is 0.337 e. The van der Waals surface area contributed by atoms with E-state index in [-0.39, 0.29) is 22.4 Å². The van der Waals surface area contributed by atoms with Crippen molar-refractivity contribution in [1.82, 2.24) is 9.78 Å². The number of rotatable bonds is 6. The number of ether oxygens (including phenoxy) is 1. The third kappa shape index (κ3) is 3.36. The van der Waals surface area contributed by atoms with Gasteiger partial charge in [0.2, 0.25) is 0 Å². The van der Waals surface area contributed by atoms with Crippen molar-refractivity contribution in [3.8, 4) is 5.75 Å². The Hall–Kier alpha value is -2.62. The van der Waals surface area contributed by atoms with Crippen LogP contribution in [0, 0.1) is 19.7 Å². The van der Waals surface area contributed by atoms with Gasteiger partial charge >= 0.3 is 5.97 Å². The minimum absolute atomic E-state index is 0.0826. The molecule has 0 amide bonds. The van der Waals surface area contributed by atoms with E-state index in [0.717, 1.165) is 12.1 Å². The molecule has 0 radical (unpaired) electrons. The van der Waals surface area contributed by atoms with Gasteiger partial charge in [-0.15, -0.1) is 0 Å². The second-order valence-corrected chi connectivity index (χ2v) is 7.57. The summed E-state index contributed by atoms with van der Waals surface area (Å²) >= 11 is 0. The normalized spacial score (nSPS) is 11.7. The van der Waals surface area contributed by atoms with Crippen LogP contribution in [-0.4, -0.2) is 36.4 Å². The predicted octanol–water partition coefficient (Wildman–Crippen LogP) is 2.73. The van der Waals surface area contributed by atoms with Gasteiger partial charge in [-0.05, 0) is 39.8 Å². The number of nitrogens with one attached hydrogen (secondary N) is 1. The molecule has 1 aromatic heterocycles. The number of nitrogens with zero attached hydrogens (tertiary/aromatic N) is 2. The Bertz CT molecular complexity index is 967. The number of aromatic nitrogens is 2. The molecule has 2 N–H and O–H groups in total. The van der Waals surface area contributed by atoms with Crippen LogP contribution in [0.3, 0.4) is 0 Å². The summed E-state index contributed by atoms with van der Waals surface area (Å²) in [5.74, 6) is -2.86. The number of hydrogen-bond donors (Lipinski definition) is 2. The average Bonchev–Trinajstić information content (AvgIpc) is 2.84. The molecule has 8 nitrogen and oxygen atoms in total. The quantitative estimate of drug-likeness (QED) is 0.791. The van der Waals surface area contributed by atoms with Gasteiger partial charge in [0.05, 0.1) is 24.1 Å². The second kappa shape index (κ2) is 6.94. The van der Waals surface area contributed by atoms with Gasteiger partial charge in [0, 0.05) is 6.04 Å². The van der Waals surface area contributed by atoms with E-state index in [1.165, 1.54) is 18.7 Å². The van der Waals surface area contributed by atoms with Crippen molar-refractivity contribution < 1.29 is 27.4 Å². The van der Waals surface area contributed by atoms with Crippen LogP contribution in [0.25, 0.3) is 0 Å². The van der Waals surface area contributed by atoms with Crippen molar-refractivity contribution >= 4 is 21.7 Å². The van der Waals surface area contributed by atoms with E-state index in [1.807, 2.05) is 18.6 Å². The summed E-state index contributed by atoms with van der Waals surface area (Å²) in [6, 6.07) is 2.10. The minimum atomic E-state index is -4.28.